The molecule has 13 heteroatoms. The van der Waals surface area contributed by atoms with Crippen LogP contribution >= 0.6 is 0 Å². The molecule has 2 aliphatic rings. The highest BCUT2D eigenvalue weighted by Crippen LogP contribution is 2.42. The molecule has 3 aromatic heterocycles. The Morgan fingerprint density at radius 2 is 1.90 bits per heavy atom. The number of hydrogen-bond acceptors (Lipinski definition) is 9. The molecule has 5 heterocycles. The van der Waals surface area contributed by atoms with Crippen molar-refractivity contribution in [2.24, 2.45) is 12.0 Å². The zero-order valence-corrected chi connectivity index (χ0v) is 23.5. The number of aryl methyl sites for hydroxylation is 2. The number of nitrogens with zero attached hydrogens (tertiary/aromatic N) is 7. The van der Waals surface area contributed by atoms with E-state index in [-0.39, 0.29) is 24.7 Å². The molecule has 2 aliphatic heterocycles. The van der Waals surface area contributed by atoms with Crippen molar-refractivity contribution in [3.05, 3.63) is 65.3 Å². The number of fused-ring (bicyclic) bond motifs is 1. The Morgan fingerprint density at radius 1 is 1.10 bits per heavy atom. The summed E-state index contributed by atoms with van der Waals surface area (Å²) in [6.07, 6.45) is -1.02. The van der Waals surface area contributed by atoms with Gasteiger partial charge in [0, 0.05) is 51.5 Å². The molecule has 42 heavy (non-hydrogen) atoms. The molecule has 1 fully saturated rings. The van der Waals surface area contributed by atoms with Crippen LogP contribution in [0.15, 0.2) is 41.5 Å². The third-order valence-electron chi connectivity index (χ3n) is 7.35. The topological polar surface area (TPSA) is 103 Å². The maximum absolute atomic E-state index is 15.0. The van der Waals surface area contributed by atoms with Gasteiger partial charge in [0.05, 0.1) is 53.4 Å². The van der Waals surface area contributed by atoms with Crippen LogP contribution in [0, 0.1) is 12.7 Å². The summed E-state index contributed by atoms with van der Waals surface area (Å²) in [5.74, 6) is 1.33. The average Bonchev–Trinajstić information content (AvgIpc) is 3.51. The first kappa shape index (κ1) is 27.6. The molecule has 0 aliphatic carbocycles. The molecule has 0 radical (unpaired) electrons. The van der Waals surface area contributed by atoms with Crippen LogP contribution in [0.4, 0.5) is 35.9 Å². The quantitative estimate of drug-likeness (QED) is 0.303. The van der Waals surface area contributed by atoms with Gasteiger partial charge < -0.3 is 19.7 Å². The number of aromatic nitrogens is 5. The molecule has 0 spiro atoms. The first-order chi connectivity index (χ1) is 20.2. The number of halogens is 3. The Bertz CT molecular complexity index is 1680. The van der Waals surface area contributed by atoms with Gasteiger partial charge in [-0.1, -0.05) is 6.07 Å². The van der Waals surface area contributed by atoms with Gasteiger partial charge in [0.1, 0.15) is 17.3 Å². The van der Waals surface area contributed by atoms with Gasteiger partial charge in [-0.2, -0.15) is 5.10 Å². The lowest BCUT2D eigenvalue weighted by Crippen LogP contribution is -2.52. The summed E-state index contributed by atoms with van der Waals surface area (Å²) in [4.78, 5) is 19.6. The summed E-state index contributed by atoms with van der Waals surface area (Å²) < 4.78 is 55.0. The molecular formula is C29H29F3N8O2. The molecule has 10 nitrogen and oxygen atoms in total. The van der Waals surface area contributed by atoms with Crippen LogP contribution in [0.25, 0.3) is 11.4 Å². The van der Waals surface area contributed by atoms with E-state index < -0.39 is 12.2 Å². The second-order valence-electron chi connectivity index (χ2n) is 10.2. The van der Waals surface area contributed by atoms with E-state index in [0.29, 0.717) is 75.9 Å². The molecular weight excluding hydrogens is 549 g/mol. The van der Waals surface area contributed by atoms with Crippen LogP contribution in [0.1, 0.15) is 22.9 Å². The second kappa shape index (κ2) is 11.0. The third kappa shape index (κ3) is 5.15. The highest BCUT2D eigenvalue weighted by atomic mass is 19.3. The highest BCUT2D eigenvalue weighted by molar-refractivity contribution is 5.98. The molecule has 0 amide bonds. The first-order valence-corrected chi connectivity index (χ1v) is 13.4. The number of aliphatic imine (C=N–C) groups is 1. The van der Waals surface area contributed by atoms with Crippen molar-refractivity contribution in [3.63, 3.8) is 0 Å². The van der Waals surface area contributed by atoms with Gasteiger partial charge in [-0.05, 0) is 31.2 Å². The van der Waals surface area contributed by atoms with Gasteiger partial charge in [0.25, 0.3) is 6.43 Å². The number of rotatable bonds is 9. The number of anilines is 3. The van der Waals surface area contributed by atoms with E-state index in [9.17, 15) is 13.2 Å². The summed E-state index contributed by atoms with van der Waals surface area (Å²) in [7, 11) is 4.97. The lowest BCUT2D eigenvalue weighted by Gasteiger charge is -2.39. The summed E-state index contributed by atoms with van der Waals surface area (Å²) in [5.41, 5.74) is 3.64. The van der Waals surface area contributed by atoms with Crippen LogP contribution in [-0.4, -0.2) is 70.3 Å². The number of methoxy groups -OCH3 is 2. The standard InChI is InChI=1S/C29H29F3N8O2/c1-15-34-29(39(2)38-15)19-6-5-7-21(27(19)42-4)36-22-10-17(35-23-11-24(28(31)32)37-26(22)23)8-16-9-20(30)25(12-33-16)40-13-18(14-40)41-3/h5-7,9-10,12,18,28H,8,11,13-14H2,1-4H3,(H,35,36). The Labute approximate surface area is 240 Å². The van der Waals surface area contributed by atoms with Gasteiger partial charge in [-0.3, -0.25) is 9.97 Å². The number of nitrogens with one attached hydrogen (secondary N) is 1. The van der Waals surface area contributed by atoms with Crippen LogP contribution in [0.5, 0.6) is 5.75 Å². The molecule has 6 rings (SSSR count). The minimum absolute atomic E-state index is 0.0785. The van der Waals surface area contributed by atoms with Crippen LogP contribution in [0.2, 0.25) is 0 Å². The maximum atomic E-state index is 15.0. The Kier molecular flexibility index (Phi) is 7.27. The predicted molar refractivity (Wildman–Crippen MR) is 152 cm³/mol. The molecule has 1 N–H and O–H groups in total. The molecule has 0 bridgehead atoms. The van der Waals surface area contributed by atoms with E-state index in [1.165, 1.54) is 12.3 Å². The van der Waals surface area contributed by atoms with E-state index in [1.54, 1.807) is 38.9 Å². The molecule has 0 saturated carbocycles. The van der Waals surface area contributed by atoms with E-state index in [1.807, 2.05) is 23.1 Å². The van der Waals surface area contributed by atoms with Crippen LogP contribution < -0.4 is 15.0 Å². The normalized spacial score (nSPS) is 14.7. The minimum atomic E-state index is -2.71. The summed E-state index contributed by atoms with van der Waals surface area (Å²) in [6.45, 7) is 3.00. The van der Waals surface area contributed by atoms with Crippen molar-refractivity contribution in [2.45, 2.75) is 32.3 Å². The third-order valence-corrected chi connectivity index (χ3v) is 7.35. The van der Waals surface area contributed by atoms with Gasteiger partial charge in [0.15, 0.2) is 11.6 Å². The molecule has 4 aromatic rings. The van der Waals surface area contributed by atoms with Gasteiger partial charge in [0.2, 0.25) is 0 Å². The molecule has 1 aromatic carbocycles. The molecule has 0 atom stereocenters. The van der Waals surface area contributed by atoms with E-state index in [4.69, 9.17) is 9.47 Å². The lowest BCUT2D eigenvalue weighted by molar-refractivity contribution is 0.0783. The average molecular weight is 579 g/mol. The zero-order chi connectivity index (χ0) is 29.5. The van der Waals surface area contributed by atoms with Crippen molar-refractivity contribution in [2.75, 3.05) is 37.5 Å². The van der Waals surface area contributed by atoms with Crippen molar-refractivity contribution in [1.82, 2.24) is 24.7 Å². The minimum Gasteiger partial charge on any atom is -0.494 e. The Hall–Kier alpha value is -4.52. The summed E-state index contributed by atoms with van der Waals surface area (Å²) in [5, 5.41) is 7.65. The van der Waals surface area contributed by atoms with Crippen LogP contribution in [-0.2, 0) is 24.6 Å². The number of pyridine rings is 2. The fraction of sp³-hybridized carbons (Fsp3) is 0.345. The highest BCUT2D eigenvalue weighted by Gasteiger charge is 2.30. The van der Waals surface area contributed by atoms with Gasteiger partial charge >= 0.3 is 0 Å². The number of para-hydroxylation sites is 1. The van der Waals surface area contributed by atoms with Crippen molar-refractivity contribution in [1.29, 1.82) is 0 Å². The van der Waals surface area contributed by atoms with Gasteiger partial charge in [-0.25, -0.2) is 27.8 Å². The largest absolute Gasteiger partial charge is 0.494 e. The van der Waals surface area contributed by atoms with Crippen molar-refractivity contribution >= 4 is 28.5 Å². The number of ether oxygens (including phenoxy) is 2. The van der Waals surface area contributed by atoms with Crippen LogP contribution in [0.3, 0.4) is 0 Å². The SMILES string of the molecule is COc1c(Nc2cc(Cc3cc(F)c(N4CC(OC)C4)cn3)nc3c2N=C(C(F)F)C3)cccc1-c1nc(C)nn1C. The first-order valence-electron chi connectivity index (χ1n) is 13.4. The van der Waals surface area contributed by atoms with E-state index in [2.05, 4.69) is 30.4 Å². The summed E-state index contributed by atoms with van der Waals surface area (Å²) in [6, 6.07) is 8.61. The second-order valence-corrected chi connectivity index (χ2v) is 10.2. The van der Waals surface area contributed by atoms with Gasteiger partial charge in [-0.15, -0.1) is 0 Å². The summed E-state index contributed by atoms with van der Waals surface area (Å²) >= 11 is 0. The number of alkyl halides is 2. The molecule has 0 unspecified atom stereocenters. The molecule has 1 saturated heterocycles. The van der Waals surface area contributed by atoms with Crippen molar-refractivity contribution in [3.8, 4) is 17.1 Å². The number of benzene rings is 1. The fourth-order valence-electron chi connectivity index (χ4n) is 5.25. The number of hydrogen-bond donors (Lipinski definition) is 1. The smallest absolute Gasteiger partial charge is 0.277 e. The predicted octanol–water partition coefficient (Wildman–Crippen LogP) is 4.79. The van der Waals surface area contributed by atoms with E-state index in [0.717, 1.165) is 0 Å². The molecule has 218 valence electrons. The fourth-order valence-corrected chi connectivity index (χ4v) is 5.25. The Balaban J connectivity index is 1.34. The monoisotopic (exact) mass is 578 g/mol. The lowest BCUT2D eigenvalue weighted by atomic mass is 10.1. The van der Waals surface area contributed by atoms with E-state index >= 15 is 0 Å². The van der Waals surface area contributed by atoms with Crippen molar-refractivity contribution < 1.29 is 22.6 Å². The Morgan fingerprint density at radius 3 is 2.57 bits per heavy atom. The zero-order valence-electron chi connectivity index (χ0n) is 23.5. The maximum Gasteiger partial charge on any atom is 0.277 e.